The summed E-state index contributed by atoms with van der Waals surface area (Å²) in [7, 11) is 0. The van der Waals surface area contributed by atoms with Crippen LogP contribution >= 0.6 is 35.2 Å². The minimum absolute atomic E-state index is 0.714. The third kappa shape index (κ3) is 2.21. The van der Waals surface area contributed by atoms with Crippen molar-refractivity contribution >= 4 is 46.3 Å². The first-order chi connectivity index (χ1) is 8.74. The van der Waals surface area contributed by atoms with Crippen LogP contribution in [0.25, 0.3) is 11.2 Å². The Kier molecular flexibility index (Phi) is 3.20. The molecule has 0 aromatic carbocycles. The molecule has 0 bridgehead atoms. The first-order valence-electron chi connectivity index (χ1n) is 5.52. The van der Waals surface area contributed by atoms with E-state index in [1.807, 2.05) is 22.8 Å². The van der Waals surface area contributed by atoms with Crippen molar-refractivity contribution in [1.29, 1.82) is 0 Å². The lowest BCUT2D eigenvalue weighted by molar-refractivity contribution is 0.706. The Bertz CT molecular complexity index is 741. The summed E-state index contributed by atoms with van der Waals surface area (Å²) < 4.78 is 3.56. The molecule has 0 radical (unpaired) electrons. The Morgan fingerprint density at radius 3 is 3.06 bits per heavy atom. The minimum atomic E-state index is 0.714. The normalized spacial score (nSPS) is 11.2. The third-order valence-electron chi connectivity index (χ3n) is 2.74. The van der Waals surface area contributed by atoms with Crippen molar-refractivity contribution in [3.8, 4) is 0 Å². The Morgan fingerprint density at radius 1 is 1.39 bits per heavy atom. The van der Waals surface area contributed by atoms with Crippen molar-refractivity contribution in [1.82, 2.24) is 14.5 Å². The van der Waals surface area contributed by atoms with Crippen LogP contribution in [0.3, 0.4) is 0 Å². The van der Waals surface area contributed by atoms with E-state index in [-0.39, 0.29) is 0 Å². The molecule has 0 spiro atoms. The van der Waals surface area contributed by atoms with E-state index in [9.17, 15) is 0 Å². The van der Waals surface area contributed by atoms with Crippen LogP contribution in [-0.4, -0.2) is 14.5 Å². The Hall–Kier alpha value is -1.17. The highest BCUT2D eigenvalue weighted by atomic mass is 35.5. The number of pyridine rings is 1. The monoisotopic (exact) mass is 295 g/mol. The van der Waals surface area contributed by atoms with Crippen LogP contribution in [0.4, 0.5) is 0 Å². The number of nitrogens with one attached hydrogen (secondary N) is 1. The number of hydrogen-bond acceptors (Lipinski definition) is 3. The van der Waals surface area contributed by atoms with E-state index in [0.717, 1.165) is 28.5 Å². The van der Waals surface area contributed by atoms with Gasteiger partial charge in [0.15, 0.2) is 10.4 Å². The van der Waals surface area contributed by atoms with Gasteiger partial charge in [-0.1, -0.05) is 11.6 Å². The number of aryl methyl sites for hydroxylation is 2. The van der Waals surface area contributed by atoms with Crippen molar-refractivity contribution in [2.75, 3.05) is 0 Å². The molecule has 0 saturated heterocycles. The third-order valence-corrected chi connectivity index (χ3v) is 4.35. The SMILES string of the molecule is S=c1[nH]c2cccnc2n1CCc1ccc(Cl)s1. The predicted octanol–water partition coefficient (Wildman–Crippen LogP) is 4.05. The molecule has 0 atom stereocenters. The smallest absolute Gasteiger partial charge is 0.179 e. The summed E-state index contributed by atoms with van der Waals surface area (Å²) >= 11 is 12.8. The zero-order valence-electron chi connectivity index (χ0n) is 9.39. The number of halogens is 1. The molecular weight excluding hydrogens is 286 g/mol. The predicted molar refractivity (Wildman–Crippen MR) is 78.0 cm³/mol. The van der Waals surface area contributed by atoms with E-state index in [2.05, 4.69) is 16.0 Å². The van der Waals surface area contributed by atoms with Gasteiger partial charge in [-0.3, -0.25) is 0 Å². The average Bonchev–Trinajstić information content (AvgIpc) is 2.90. The highest BCUT2D eigenvalue weighted by Gasteiger charge is 2.05. The lowest BCUT2D eigenvalue weighted by Crippen LogP contribution is -2.01. The molecule has 0 fully saturated rings. The van der Waals surface area contributed by atoms with Gasteiger partial charge in [0.2, 0.25) is 0 Å². The fraction of sp³-hybridized carbons (Fsp3) is 0.167. The second-order valence-corrected chi connectivity index (χ2v) is 6.10. The standard InChI is InChI=1S/C12H10ClN3S2/c13-10-4-3-8(18-10)5-7-16-11-9(15-12(16)17)2-1-6-14-11/h1-4,6H,5,7H2,(H,15,17). The molecule has 18 heavy (non-hydrogen) atoms. The Labute approximate surface area is 118 Å². The summed E-state index contributed by atoms with van der Waals surface area (Å²) in [6.45, 7) is 0.812. The molecule has 3 heterocycles. The van der Waals surface area contributed by atoms with E-state index in [4.69, 9.17) is 23.8 Å². The molecule has 3 aromatic rings. The van der Waals surface area contributed by atoms with Gasteiger partial charge in [-0.15, -0.1) is 11.3 Å². The van der Waals surface area contributed by atoms with E-state index in [0.29, 0.717) is 4.77 Å². The maximum Gasteiger partial charge on any atom is 0.179 e. The van der Waals surface area contributed by atoms with Crippen molar-refractivity contribution < 1.29 is 0 Å². The number of fused-ring (bicyclic) bond motifs is 1. The highest BCUT2D eigenvalue weighted by Crippen LogP contribution is 2.22. The van der Waals surface area contributed by atoms with E-state index in [1.54, 1.807) is 17.5 Å². The van der Waals surface area contributed by atoms with Crippen molar-refractivity contribution in [3.63, 3.8) is 0 Å². The second kappa shape index (κ2) is 4.84. The molecule has 0 aliphatic carbocycles. The molecule has 0 aliphatic heterocycles. The number of H-pyrrole nitrogens is 1. The van der Waals surface area contributed by atoms with Gasteiger partial charge in [0.05, 0.1) is 9.85 Å². The van der Waals surface area contributed by atoms with Crippen LogP contribution in [-0.2, 0) is 13.0 Å². The number of aromatic nitrogens is 3. The number of hydrogen-bond donors (Lipinski definition) is 1. The maximum atomic E-state index is 5.92. The molecule has 0 unspecified atom stereocenters. The molecule has 0 amide bonds. The summed E-state index contributed by atoms with van der Waals surface area (Å²) in [6, 6.07) is 7.86. The lowest BCUT2D eigenvalue weighted by atomic mass is 10.3. The fourth-order valence-corrected chi connectivity index (χ4v) is 3.27. The first kappa shape index (κ1) is 11.9. The number of aromatic amines is 1. The summed E-state index contributed by atoms with van der Waals surface area (Å²) in [6.07, 6.45) is 2.69. The molecular formula is C12H10ClN3S2. The topological polar surface area (TPSA) is 33.6 Å². The van der Waals surface area contributed by atoms with Crippen LogP contribution in [0, 0.1) is 4.77 Å². The summed E-state index contributed by atoms with van der Waals surface area (Å²) in [5.41, 5.74) is 1.89. The Morgan fingerprint density at radius 2 is 2.28 bits per heavy atom. The van der Waals surface area contributed by atoms with Gasteiger partial charge in [0.25, 0.3) is 0 Å². The van der Waals surface area contributed by atoms with E-state index in [1.165, 1.54) is 4.88 Å². The molecule has 1 N–H and O–H groups in total. The lowest BCUT2D eigenvalue weighted by Gasteiger charge is -2.01. The van der Waals surface area contributed by atoms with Crippen LogP contribution in [0.15, 0.2) is 30.5 Å². The van der Waals surface area contributed by atoms with Crippen LogP contribution in [0.5, 0.6) is 0 Å². The molecule has 3 nitrogen and oxygen atoms in total. The van der Waals surface area contributed by atoms with Gasteiger partial charge in [-0.2, -0.15) is 0 Å². The van der Waals surface area contributed by atoms with Gasteiger partial charge >= 0.3 is 0 Å². The van der Waals surface area contributed by atoms with Gasteiger partial charge in [0, 0.05) is 17.6 Å². The first-order valence-corrected chi connectivity index (χ1v) is 7.12. The Balaban J connectivity index is 1.90. The zero-order valence-corrected chi connectivity index (χ0v) is 11.8. The largest absolute Gasteiger partial charge is 0.329 e. The molecule has 3 aromatic heterocycles. The van der Waals surface area contributed by atoms with Crippen LogP contribution in [0.2, 0.25) is 4.34 Å². The average molecular weight is 296 g/mol. The molecule has 6 heteroatoms. The van der Waals surface area contributed by atoms with Crippen molar-refractivity contribution in [3.05, 3.63) is 44.4 Å². The quantitative estimate of drug-likeness (QED) is 0.740. The summed E-state index contributed by atoms with van der Waals surface area (Å²) in [5.74, 6) is 0. The van der Waals surface area contributed by atoms with Crippen molar-refractivity contribution in [2.45, 2.75) is 13.0 Å². The summed E-state index contributed by atoms with van der Waals surface area (Å²) in [4.78, 5) is 8.78. The molecule has 0 saturated carbocycles. The van der Waals surface area contributed by atoms with Gasteiger partial charge in [-0.25, -0.2) is 4.98 Å². The highest BCUT2D eigenvalue weighted by molar-refractivity contribution is 7.71. The molecule has 3 rings (SSSR count). The van der Waals surface area contributed by atoms with E-state index >= 15 is 0 Å². The molecule has 92 valence electrons. The fourth-order valence-electron chi connectivity index (χ4n) is 1.90. The van der Waals surface area contributed by atoms with E-state index < -0.39 is 0 Å². The second-order valence-electron chi connectivity index (χ2n) is 3.91. The number of imidazole rings is 1. The molecule has 0 aliphatic rings. The minimum Gasteiger partial charge on any atom is -0.329 e. The van der Waals surface area contributed by atoms with Gasteiger partial charge in [0.1, 0.15) is 0 Å². The number of thiophene rings is 1. The number of nitrogens with zero attached hydrogens (tertiary/aromatic N) is 2. The number of rotatable bonds is 3. The van der Waals surface area contributed by atoms with Crippen LogP contribution in [0.1, 0.15) is 4.88 Å². The maximum absolute atomic E-state index is 5.92. The van der Waals surface area contributed by atoms with Crippen molar-refractivity contribution in [2.24, 2.45) is 0 Å². The van der Waals surface area contributed by atoms with Crippen LogP contribution < -0.4 is 0 Å². The van der Waals surface area contributed by atoms with Gasteiger partial charge < -0.3 is 9.55 Å². The van der Waals surface area contributed by atoms with Gasteiger partial charge in [-0.05, 0) is 42.9 Å². The zero-order chi connectivity index (χ0) is 12.5. The summed E-state index contributed by atoms with van der Waals surface area (Å²) in [5, 5.41) is 0.